The van der Waals surface area contributed by atoms with Crippen LogP contribution < -0.4 is 74.9 Å². The van der Waals surface area contributed by atoms with Gasteiger partial charge in [-0.15, -0.1) is 0 Å². The molecule has 8 rings (SSSR count). The molecule has 10 atom stereocenters. The number of pyridine rings is 2. The van der Waals surface area contributed by atoms with Crippen molar-refractivity contribution in [3.8, 4) is 11.5 Å². The third kappa shape index (κ3) is 22.6. The number of amides is 10. The number of rotatable bonds is 36. The van der Waals surface area contributed by atoms with Crippen molar-refractivity contribution >= 4 is 87.4 Å². The van der Waals surface area contributed by atoms with Crippen molar-refractivity contribution in [3.63, 3.8) is 0 Å². The molecule has 542 valence electrons. The van der Waals surface area contributed by atoms with Gasteiger partial charge in [0, 0.05) is 62.2 Å². The Bertz CT molecular complexity index is 3940. The van der Waals surface area contributed by atoms with Crippen molar-refractivity contribution in [2.45, 2.75) is 152 Å². The first-order valence-electron chi connectivity index (χ1n) is 33.7. The Morgan fingerprint density at radius 3 is 1.75 bits per heavy atom. The summed E-state index contributed by atoms with van der Waals surface area (Å²) in [5.41, 5.74) is 26.1. The number of ether oxygens (including phenoxy) is 2. The van der Waals surface area contributed by atoms with Crippen molar-refractivity contribution in [2.75, 3.05) is 26.5 Å². The van der Waals surface area contributed by atoms with E-state index in [9.17, 15) is 48.3 Å². The molecule has 29 nitrogen and oxygen atoms in total. The lowest BCUT2D eigenvalue weighted by Crippen LogP contribution is -2.61. The molecule has 0 aliphatic carbocycles. The largest absolute Gasteiger partial charge is 0.454 e. The Hall–Kier alpha value is -10.8. The van der Waals surface area contributed by atoms with E-state index in [4.69, 9.17) is 44.0 Å². The molecule has 4 heterocycles. The number of aryl methyl sites for hydroxylation is 1. The lowest BCUT2D eigenvalue weighted by Gasteiger charge is -2.31. The van der Waals surface area contributed by atoms with E-state index in [1.807, 2.05) is 42.5 Å². The first kappa shape index (κ1) is 77.0. The number of nitrogens with two attached hydrogens (primary N) is 4. The maximum Gasteiger partial charge on any atom is 0.245 e. The van der Waals surface area contributed by atoms with E-state index in [1.54, 1.807) is 80.6 Å². The summed E-state index contributed by atoms with van der Waals surface area (Å²) >= 11 is 6.23. The van der Waals surface area contributed by atoms with Gasteiger partial charge in [-0.05, 0) is 139 Å². The van der Waals surface area contributed by atoms with Crippen LogP contribution in [-0.4, -0.2) is 172 Å². The standard InChI is InChI=1S/C72H89ClN16O13/c1-41(2)31-54(65(94)83-53(17-9-29-80-72(76)77)71(100)89-30-10-18-59(89)70(99)81-42(3)62(75)91)85-67(96)56(33-45-11-7-27-78-37-45)86-64(93)52(25-21-44-22-26-60-61(35-44)102-40-101-60)82-69(98)58(39-90)88-68(97)57(34-46-12-8-28-79-38-46)87-66(95)55(32-43-19-23-49(73)24-20-43)84-63(92)51(74)36-48-15-6-14-47-13-4-5-16-50(47)48/h4-8,11-16,19-20,22-24,26-28,35,37-38,41-42,51-59,90H,9-10,17-18,21,25,29-34,36,39-40,74H2,1-3H3,(H2,75,91)(H,81,99)(H,82,98)(H,83,94)(H,84,92)(H,85,96)(H,86,93)(H,87,95)(H,88,97)(H4,76,77,80)/t42-,51-,52+,53+,54+,55-,56-,57-,58+,59+/m1/s1. The predicted octanol–water partition coefficient (Wildman–Crippen LogP) is 0.709. The van der Waals surface area contributed by atoms with Gasteiger partial charge in [0.1, 0.15) is 54.4 Å². The second-order valence-electron chi connectivity index (χ2n) is 25.6. The molecule has 2 aromatic heterocycles. The van der Waals surface area contributed by atoms with Crippen LogP contribution in [0.3, 0.4) is 0 Å². The Balaban J connectivity index is 1.03. The van der Waals surface area contributed by atoms with Gasteiger partial charge in [0.2, 0.25) is 65.9 Å². The number of nitrogens with zero attached hydrogens (tertiary/aromatic N) is 4. The fourth-order valence-electron chi connectivity index (χ4n) is 11.9. The van der Waals surface area contributed by atoms with Gasteiger partial charge < -0.3 is 84.9 Å². The second-order valence-corrected chi connectivity index (χ2v) is 26.1. The number of hydrogen-bond donors (Lipinski definition) is 13. The number of carbonyl (C=O) groups is 10. The molecule has 0 unspecified atom stereocenters. The quantitative estimate of drug-likeness (QED) is 0.0146. The van der Waals surface area contributed by atoms with E-state index in [2.05, 4.69) is 57.5 Å². The number of aliphatic hydroxyl groups is 1. The second kappa shape index (κ2) is 37.6. The van der Waals surface area contributed by atoms with Crippen LogP contribution in [0.15, 0.2) is 139 Å². The summed E-state index contributed by atoms with van der Waals surface area (Å²) in [6.07, 6.45) is 6.44. The monoisotopic (exact) mass is 1420 g/mol. The number of aromatic nitrogens is 2. The SMILES string of the molecule is CC(C)C[C@H](NC(=O)[C@@H](Cc1cccnc1)NC(=O)[C@H](CCc1ccc2c(c1)OCO2)NC(=O)[C@H](CO)NC(=O)[C@@H](Cc1cccnc1)NC(=O)[C@@H](Cc1ccc(Cl)cc1)NC(=O)[C@H](N)Cc1cccc2ccccc12)C(=O)N[C@@H](CCCN=C(N)N)C(=O)N1CCC[C@H]1C(=O)N[C@H](C)C(N)=O. The number of halogens is 1. The van der Waals surface area contributed by atoms with Gasteiger partial charge in [0.05, 0.1) is 12.6 Å². The van der Waals surface area contributed by atoms with Gasteiger partial charge in [-0.3, -0.25) is 62.9 Å². The van der Waals surface area contributed by atoms with Crippen LogP contribution in [0.1, 0.15) is 87.1 Å². The molecule has 6 aromatic rings. The Morgan fingerprint density at radius 2 is 1.14 bits per heavy atom. The molecule has 4 aromatic carbocycles. The fourth-order valence-corrected chi connectivity index (χ4v) is 12.1. The zero-order valence-electron chi connectivity index (χ0n) is 57.0. The van der Waals surface area contributed by atoms with Crippen molar-refractivity contribution in [3.05, 3.63) is 167 Å². The highest BCUT2D eigenvalue weighted by molar-refractivity contribution is 6.30. The van der Waals surface area contributed by atoms with E-state index in [-0.39, 0.29) is 96.0 Å². The topological polar surface area (TPSA) is 451 Å². The molecule has 10 amide bonds. The number of aliphatic hydroxyl groups excluding tert-OH is 1. The van der Waals surface area contributed by atoms with Gasteiger partial charge in [0.15, 0.2) is 17.5 Å². The minimum Gasteiger partial charge on any atom is -0.454 e. The number of carbonyl (C=O) groups excluding carboxylic acids is 10. The molecule has 1 saturated heterocycles. The van der Waals surface area contributed by atoms with E-state index in [1.165, 1.54) is 36.6 Å². The number of nitrogens with one attached hydrogen (secondary N) is 8. The molecule has 2 aliphatic rings. The van der Waals surface area contributed by atoms with Crippen molar-refractivity contribution < 1.29 is 62.5 Å². The average molecular weight is 1420 g/mol. The highest BCUT2D eigenvalue weighted by Gasteiger charge is 2.40. The van der Waals surface area contributed by atoms with Crippen LogP contribution in [0, 0.1) is 5.92 Å². The van der Waals surface area contributed by atoms with Gasteiger partial charge in [-0.25, -0.2) is 0 Å². The molecule has 2 aliphatic heterocycles. The Morgan fingerprint density at radius 1 is 0.588 bits per heavy atom. The number of hydrogen-bond acceptors (Lipinski definition) is 17. The van der Waals surface area contributed by atoms with Gasteiger partial charge >= 0.3 is 0 Å². The molecule has 0 bridgehead atoms. The van der Waals surface area contributed by atoms with Crippen LogP contribution >= 0.6 is 11.6 Å². The first-order chi connectivity index (χ1) is 48.9. The minimum absolute atomic E-state index is 0.00761. The molecular weight excluding hydrogens is 1330 g/mol. The van der Waals surface area contributed by atoms with Crippen LogP contribution in [0.2, 0.25) is 5.02 Å². The molecule has 0 radical (unpaired) electrons. The van der Waals surface area contributed by atoms with E-state index in [0.29, 0.717) is 45.2 Å². The van der Waals surface area contributed by atoms with Crippen LogP contribution in [0.4, 0.5) is 0 Å². The molecule has 17 N–H and O–H groups in total. The van der Waals surface area contributed by atoms with Gasteiger partial charge in [-0.1, -0.05) is 98.2 Å². The molecular formula is C72H89ClN16O13. The number of fused-ring (bicyclic) bond motifs is 2. The highest BCUT2D eigenvalue weighted by Crippen LogP contribution is 2.33. The summed E-state index contributed by atoms with van der Waals surface area (Å²) in [6.45, 7) is 4.19. The lowest BCUT2D eigenvalue weighted by atomic mass is 9.98. The minimum atomic E-state index is -1.78. The summed E-state index contributed by atoms with van der Waals surface area (Å²) in [5.74, 6) is -7.57. The molecule has 0 saturated carbocycles. The third-order valence-corrected chi connectivity index (χ3v) is 17.6. The maximum absolute atomic E-state index is 15.1. The van der Waals surface area contributed by atoms with Crippen molar-refractivity contribution in [2.24, 2.45) is 33.8 Å². The summed E-state index contributed by atoms with van der Waals surface area (Å²) < 4.78 is 11.1. The first-order valence-corrected chi connectivity index (χ1v) is 34.1. The van der Waals surface area contributed by atoms with E-state index < -0.39 is 126 Å². The zero-order chi connectivity index (χ0) is 73.4. The smallest absolute Gasteiger partial charge is 0.245 e. The fraction of sp³-hybridized carbons (Fsp3) is 0.403. The summed E-state index contributed by atoms with van der Waals surface area (Å²) in [4.78, 5) is 157. The summed E-state index contributed by atoms with van der Waals surface area (Å²) in [6, 6.07) is 18.2. The molecule has 30 heteroatoms. The van der Waals surface area contributed by atoms with Crippen LogP contribution in [0.25, 0.3) is 10.8 Å². The molecule has 102 heavy (non-hydrogen) atoms. The molecule has 0 spiro atoms. The van der Waals surface area contributed by atoms with E-state index >= 15 is 4.79 Å². The average Bonchev–Trinajstić information content (AvgIpc) is 1.25. The zero-order valence-corrected chi connectivity index (χ0v) is 57.7. The number of primary amides is 1. The normalized spacial score (nSPS) is 15.7. The Kier molecular flexibility index (Phi) is 28.4. The summed E-state index contributed by atoms with van der Waals surface area (Å²) in [7, 11) is 0. The van der Waals surface area contributed by atoms with Crippen LogP contribution in [0.5, 0.6) is 11.5 Å². The highest BCUT2D eigenvalue weighted by atomic mass is 35.5. The predicted molar refractivity (Wildman–Crippen MR) is 379 cm³/mol. The lowest BCUT2D eigenvalue weighted by molar-refractivity contribution is -0.142. The number of guanidine groups is 1. The van der Waals surface area contributed by atoms with Gasteiger partial charge in [-0.2, -0.15) is 0 Å². The van der Waals surface area contributed by atoms with E-state index in [0.717, 1.165) is 16.3 Å². The molecule has 1 fully saturated rings. The number of aliphatic imine (C=N–C) groups is 1. The summed E-state index contributed by atoms with van der Waals surface area (Å²) in [5, 5.41) is 34.9. The van der Waals surface area contributed by atoms with Crippen molar-refractivity contribution in [1.29, 1.82) is 0 Å². The Labute approximate surface area is 595 Å². The number of likely N-dealkylation sites (tertiary alicyclic amines) is 1. The maximum atomic E-state index is 15.1. The van der Waals surface area contributed by atoms with Crippen LogP contribution in [-0.2, 0) is 80.0 Å². The van der Waals surface area contributed by atoms with Gasteiger partial charge in [0.25, 0.3) is 0 Å². The van der Waals surface area contributed by atoms with Crippen molar-refractivity contribution in [1.82, 2.24) is 57.4 Å². The number of benzene rings is 4. The third-order valence-electron chi connectivity index (χ3n) is 17.4.